The maximum atomic E-state index is 12.7. The van der Waals surface area contributed by atoms with Crippen molar-refractivity contribution in [2.45, 2.75) is 52.4 Å². The Bertz CT molecular complexity index is 1090. The predicted octanol–water partition coefficient (Wildman–Crippen LogP) is 5.66. The Kier molecular flexibility index (Phi) is 6.84. The third kappa shape index (κ3) is 5.82. The van der Waals surface area contributed by atoms with E-state index in [1.807, 2.05) is 12.1 Å². The number of nitrogens with one attached hydrogen (secondary N) is 3. The number of rotatable bonds is 5. The molecule has 3 aromatic rings. The maximum absolute atomic E-state index is 12.7. The van der Waals surface area contributed by atoms with E-state index in [1.165, 1.54) is 24.0 Å². The van der Waals surface area contributed by atoms with Crippen LogP contribution in [0.1, 0.15) is 50.3 Å². The van der Waals surface area contributed by atoms with Crippen molar-refractivity contribution in [3.63, 3.8) is 0 Å². The number of benzene rings is 2. The molecular weight excluding hydrogens is 410 g/mol. The van der Waals surface area contributed by atoms with Crippen molar-refractivity contribution in [3.05, 3.63) is 71.4 Å². The summed E-state index contributed by atoms with van der Waals surface area (Å²) in [7, 11) is 0. The molecule has 174 valence electrons. The number of aryl methyl sites for hydroxylation is 1. The van der Waals surface area contributed by atoms with Gasteiger partial charge in [0.1, 0.15) is 5.82 Å². The monoisotopic (exact) mass is 445 g/mol. The minimum Gasteiger partial charge on any atom is -0.317 e. The third-order valence-corrected chi connectivity index (χ3v) is 6.37. The minimum absolute atomic E-state index is 0.0809. The van der Waals surface area contributed by atoms with Crippen LogP contribution >= 0.6 is 0 Å². The SMILES string of the molecule is Cc1cc(C(C)(C)C)ccc1-n1nccc1NC(=O)Nc1ccc(CC2CCNCC2)cc1. The smallest absolute Gasteiger partial charge is 0.317 e. The molecule has 1 fully saturated rings. The summed E-state index contributed by atoms with van der Waals surface area (Å²) in [5.41, 5.74) is 5.51. The van der Waals surface area contributed by atoms with E-state index in [0.29, 0.717) is 5.82 Å². The Morgan fingerprint density at radius 1 is 1.06 bits per heavy atom. The van der Waals surface area contributed by atoms with Crippen molar-refractivity contribution >= 4 is 17.5 Å². The summed E-state index contributed by atoms with van der Waals surface area (Å²) >= 11 is 0. The average Bonchev–Trinajstić information content (AvgIpc) is 3.22. The molecule has 1 saturated heterocycles. The van der Waals surface area contributed by atoms with Gasteiger partial charge in [0.05, 0.1) is 11.9 Å². The fourth-order valence-corrected chi connectivity index (χ4v) is 4.37. The summed E-state index contributed by atoms with van der Waals surface area (Å²) in [6, 6.07) is 16.1. The zero-order chi connectivity index (χ0) is 23.4. The van der Waals surface area contributed by atoms with Gasteiger partial charge in [0.15, 0.2) is 0 Å². The van der Waals surface area contributed by atoms with Crippen LogP contribution in [0.5, 0.6) is 0 Å². The predicted molar refractivity (Wildman–Crippen MR) is 135 cm³/mol. The van der Waals surface area contributed by atoms with Gasteiger partial charge in [-0.2, -0.15) is 5.10 Å². The van der Waals surface area contributed by atoms with Crippen molar-refractivity contribution in [1.82, 2.24) is 15.1 Å². The number of hydrogen-bond donors (Lipinski definition) is 3. The topological polar surface area (TPSA) is 71.0 Å². The molecule has 33 heavy (non-hydrogen) atoms. The van der Waals surface area contributed by atoms with E-state index in [2.05, 4.69) is 79.1 Å². The molecule has 0 saturated carbocycles. The molecule has 2 amide bonds. The Hall–Kier alpha value is -3.12. The number of hydrogen-bond acceptors (Lipinski definition) is 3. The number of carbonyl (C=O) groups excluding carboxylic acids is 1. The first kappa shape index (κ1) is 23.1. The largest absolute Gasteiger partial charge is 0.324 e. The molecular formula is C27H35N5O. The van der Waals surface area contributed by atoms with E-state index >= 15 is 0 Å². The van der Waals surface area contributed by atoms with Crippen molar-refractivity contribution in [1.29, 1.82) is 0 Å². The molecule has 2 heterocycles. The first-order valence-electron chi connectivity index (χ1n) is 11.8. The molecule has 1 aliphatic heterocycles. The first-order chi connectivity index (χ1) is 15.8. The van der Waals surface area contributed by atoms with Gasteiger partial charge in [0.2, 0.25) is 0 Å². The van der Waals surface area contributed by atoms with Crippen LogP contribution in [-0.4, -0.2) is 28.9 Å². The molecule has 4 rings (SSSR count). The standard InChI is InChI=1S/C27H35N5O/c1-19-17-22(27(2,3)4)7-10-24(19)32-25(13-16-29-32)31-26(33)30-23-8-5-20(6-9-23)18-21-11-14-28-15-12-21/h5-10,13,16-17,21,28H,11-12,14-15,18H2,1-4H3,(H2,30,31,33). The van der Waals surface area contributed by atoms with E-state index in [-0.39, 0.29) is 11.4 Å². The lowest BCUT2D eigenvalue weighted by molar-refractivity contribution is 0.262. The molecule has 1 aliphatic rings. The lowest BCUT2D eigenvalue weighted by Crippen LogP contribution is -2.28. The number of nitrogens with zero attached hydrogens (tertiary/aromatic N) is 2. The summed E-state index contributed by atoms with van der Waals surface area (Å²) in [4.78, 5) is 12.7. The van der Waals surface area contributed by atoms with Gasteiger partial charge in [-0.15, -0.1) is 0 Å². The normalized spacial score (nSPS) is 14.8. The van der Waals surface area contributed by atoms with Crippen LogP contribution in [0, 0.1) is 12.8 Å². The summed E-state index contributed by atoms with van der Waals surface area (Å²) in [6.45, 7) is 10.9. The fourth-order valence-electron chi connectivity index (χ4n) is 4.37. The van der Waals surface area contributed by atoms with Gasteiger partial charge < -0.3 is 10.6 Å². The molecule has 0 aliphatic carbocycles. The Balaban J connectivity index is 1.39. The highest BCUT2D eigenvalue weighted by molar-refractivity contribution is 5.99. The Morgan fingerprint density at radius 2 is 1.79 bits per heavy atom. The second-order valence-electron chi connectivity index (χ2n) is 10.1. The zero-order valence-corrected chi connectivity index (χ0v) is 20.1. The second kappa shape index (κ2) is 9.79. The van der Waals surface area contributed by atoms with Crippen molar-refractivity contribution in [3.8, 4) is 5.69 Å². The molecule has 6 nitrogen and oxygen atoms in total. The summed E-state index contributed by atoms with van der Waals surface area (Å²) in [6.07, 6.45) is 5.26. The Labute approximate surface area is 196 Å². The van der Waals surface area contributed by atoms with Crippen LogP contribution in [0.4, 0.5) is 16.3 Å². The minimum atomic E-state index is -0.285. The van der Waals surface area contributed by atoms with Crippen molar-refractivity contribution in [2.75, 3.05) is 23.7 Å². The molecule has 1 aromatic heterocycles. The van der Waals surface area contributed by atoms with E-state index in [0.717, 1.165) is 42.4 Å². The van der Waals surface area contributed by atoms with Crippen LogP contribution in [0.25, 0.3) is 5.69 Å². The first-order valence-corrected chi connectivity index (χ1v) is 11.8. The molecule has 0 spiro atoms. The number of urea groups is 1. The summed E-state index contributed by atoms with van der Waals surface area (Å²) in [5, 5.41) is 13.7. The van der Waals surface area contributed by atoms with Crippen LogP contribution in [0.3, 0.4) is 0 Å². The highest BCUT2D eigenvalue weighted by Gasteiger charge is 2.17. The Morgan fingerprint density at radius 3 is 2.45 bits per heavy atom. The highest BCUT2D eigenvalue weighted by atomic mass is 16.2. The third-order valence-electron chi connectivity index (χ3n) is 6.37. The molecule has 0 radical (unpaired) electrons. The quantitative estimate of drug-likeness (QED) is 0.474. The fraction of sp³-hybridized carbons (Fsp3) is 0.407. The highest BCUT2D eigenvalue weighted by Crippen LogP contribution is 2.27. The summed E-state index contributed by atoms with van der Waals surface area (Å²) in [5.74, 6) is 1.37. The van der Waals surface area contributed by atoms with Gasteiger partial charge in [-0.25, -0.2) is 9.48 Å². The van der Waals surface area contributed by atoms with E-state index in [4.69, 9.17) is 0 Å². The van der Waals surface area contributed by atoms with Gasteiger partial charge in [0, 0.05) is 11.8 Å². The number of piperidine rings is 1. The summed E-state index contributed by atoms with van der Waals surface area (Å²) < 4.78 is 1.77. The van der Waals surface area contributed by atoms with Gasteiger partial charge >= 0.3 is 6.03 Å². The van der Waals surface area contributed by atoms with E-state index in [9.17, 15) is 4.79 Å². The van der Waals surface area contributed by atoms with Crippen LogP contribution in [0.15, 0.2) is 54.7 Å². The van der Waals surface area contributed by atoms with Crippen LogP contribution in [-0.2, 0) is 11.8 Å². The molecule has 0 atom stereocenters. The molecule has 0 bridgehead atoms. The molecule has 0 unspecified atom stereocenters. The van der Waals surface area contributed by atoms with Crippen molar-refractivity contribution < 1.29 is 4.79 Å². The lowest BCUT2D eigenvalue weighted by Gasteiger charge is -2.22. The average molecular weight is 446 g/mol. The molecule has 2 aromatic carbocycles. The molecule has 6 heteroatoms. The van der Waals surface area contributed by atoms with Crippen molar-refractivity contribution in [2.24, 2.45) is 5.92 Å². The number of aromatic nitrogens is 2. The van der Waals surface area contributed by atoms with Gasteiger partial charge in [-0.1, -0.05) is 45.0 Å². The van der Waals surface area contributed by atoms with Crippen LogP contribution in [0.2, 0.25) is 0 Å². The van der Waals surface area contributed by atoms with Gasteiger partial charge in [-0.3, -0.25) is 5.32 Å². The second-order valence-corrected chi connectivity index (χ2v) is 10.1. The number of carbonyl (C=O) groups is 1. The van der Waals surface area contributed by atoms with E-state index < -0.39 is 0 Å². The lowest BCUT2D eigenvalue weighted by atomic mass is 9.86. The zero-order valence-electron chi connectivity index (χ0n) is 20.1. The maximum Gasteiger partial charge on any atom is 0.324 e. The number of anilines is 2. The molecule has 3 N–H and O–H groups in total. The number of amides is 2. The van der Waals surface area contributed by atoms with Gasteiger partial charge in [-0.05, 0) is 85.5 Å². The van der Waals surface area contributed by atoms with Gasteiger partial charge in [0.25, 0.3) is 0 Å². The van der Waals surface area contributed by atoms with E-state index in [1.54, 1.807) is 16.9 Å². The van der Waals surface area contributed by atoms with Crippen LogP contribution < -0.4 is 16.0 Å².